The predicted molar refractivity (Wildman–Crippen MR) is 109 cm³/mol. The first-order valence-corrected chi connectivity index (χ1v) is 10.00. The Hall–Kier alpha value is -2.39. The van der Waals surface area contributed by atoms with E-state index in [2.05, 4.69) is 49.4 Å². The van der Waals surface area contributed by atoms with Gasteiger partial charge < -0.3 is 9.32 Å². The summed E-state index contributed by atoms with van der Waals surface area (Å²) in [6, 6.07) is 16.7. The maximum Gasteiger partial charge on any atom is 0.336 e. The number of hydrogen-bond donors (Lipinski definition) is 1. The summed E-state index contributed by atoms with van der Waals surface area (Å²) >= 11 is 0. The van der Waals surface area contributed by atoms with E-state index in [4.69, 9.17) is 4.42 Å². The molecule has 0 aliphatic carbocycles. The molecule has 2 heterocycles. The van der Waals surface area contributed by atoms with Crippen LogP contribution in [-0.4, -0.2) is 13.1 Å². The van der Waals surface area contributed by atoms with Crippen molar-refractivity contribution in [3.63, 3.8) is 0 Å². The number of rotatable bonds is 4. The van der Waals surface area contributed by atoms with Crippen molar-refractivity contribution in [2.45, 2.75) is 39.7 Å². The van der Waals surface area contributed by atoms with Gasteiger partial charge in [-0.15, -0.1) is 0 Å². The molecule has 1 aliphatic heterocycles. The highest BCUT2D eigenvalue weighted by Gasteiger charge is 2.23. The van der Waals surface area contributed by atoms with Gasteiger partial charge in [0.05, 0.1) is 13.1 Å². The fourth-order valence-electron chi connectivity index (χ4n) is 4.51. The number of likely N-dealkylation sites (tertiary alicyclic amines) is 1. The molecule has 0 radical (unpaired) electrons. The Bertz CT molecular complexity index is 982. The van der Waals surface area contributed by atoms with Crippen LogP contribution in [0, 0.1) is 19.8 Å². The van der Waals surface area contributed by atoms with Crippen molar-refractivity contribution >= 4 is 11.0 Å². The molecule has 0 atom stereocenters. The second-order valence-corrected chi connectivity index (χ2v) is 8.11. The number of fused-ring (bicyclic) bond motifs is 1. The van der Waals surface area contributed by atoms with Gasteiger partial charge in [0.15, 0.2) is 0 Å². The molecule has 1 aromatic heterocycles. The minimum Gasteiger partial charge on any atom is -0.422 e. The first-order valence-electron chi connectivity index (χ1n) is 10.00. The Morgan fingerprint density at radius 3 is 2.52 bits per heavy atom. The average molecular weight is 362 g/mol. The summed E-state index contributed by atoms with van der Waals surface area (Å²) < 4.78 is 5.50. The fourth-order valence-corrected chi connectivity index (χ4v) is 4.51. The van der Waals surface area contributed by atoms with E-state index in [0.717, 1.165) is 34.6 Å². The van der Waals surface area contributed by atoms with Gasteiger partial charge in [0.1, 0.15) is 12.1 Å². The lowest BCUT2D eigenvalue weighted by atomic mass is 9.90. The van der Waals surface area contributed by atoms with E-state index in [0.29, 0.717) is 0 Å². The van der Waals surface area contributed by atoms with Gasteiger partial charge in [-0.05, 0) is 61.8 Å². The molecule has 1 saturated heterocycles. The summed E-state index contributed by atoms with van der Waals surface area (Å²) in [4.78, 5) is 13.6. The van der Waals surface area contributed by atoms with Crippen LogP contribution < -0.4 is 10.5 Å². The van der Waals surface area contributed by atoms with Crippen LogP contribution in [0.5, 0.6) is 0 Å². The van der Waals surface area contributed by atoms with Crippen LogP contribution in [0.2, 0.25) is 0 Å². The molecule has 0 spiro atoms. The van der Waals surface area contributed by atoms with E-state index in [-0.39, 0.29) is 5.63 Å². The summed E-state index contributed by atoms with van der Waals surface area (Å²) in [5.74, 6) is 0.776. The third-order valence-electron chi connectivity index (χ3n) is 5.88. The van der Waals surface area contributed by atoms with E-state index in [1.54, 1.807) is 11.0 Å². The second-order valence-electron chi connectivity index (χ2n) is 8.11. The van der Waals surface area contributed by atoms with Gasteiger partial charge in [0.2, 0.25) is 0 Å². The van der Waals surface area contributed by atoms with Gasteiger partial charge in [-0.2, -0.15) is 0 Å². The Balaban J connectivity index is 1.47. The normalized spacial score (nSPS) is 20.1. The standard InChI is InChI=1S/C24H27NO2/c1-17-12-18(2)24-22(13-17)21(15-23(26)27-24)16-25-10-8-20(9-11-25)14-19-6-4-3-5-7-19/h3-7,12-13,15,20H,8-11,14,16H2,1-2H3/p+1. The molecule has 3 aromatic rings. The number of hydrogen-bond acceptors (Lipinski definition) is 2. The molecule has 140 valence electrons. The van der Waals surface area contributed by atoms with Crippen LogP contribution in [0.1, 0.15) is 35.1 Å². The third kappa shape index (κ3) is 4.14. The van der Waals surface area contributed by atoms with Crippen LogP contribution >= 0.6 is 0 Å². The second kappa shape index (κ2) is 7.69. The van der Waals surface area contributed by atoms with Gasteiger partial charge in [-0.3, -0.25) is 0 Å². The fraction of sp³-hybridized carbons (Fsp3) is 0.375. The van der Waals surface area contributed by atoms with Crippen LogP contribution in [-0.2, 0) is 13.0 Å². The minimum atomic E-state index is -0.234. The number of piperidine rings is 1. The van der Waals surface area contributed by atoms with Gasteiger partial charge in [-0.1, -0.05) is 36.4 Å². The van der Waals surface area contributed by atoms with Crippen LogP contribution in [0.4, 0.5) is 0 Å². The lowest BCUT2D eigenvalue weighted by molar-refractivity contribution is -0.919. The molecule has 3 heteroatoms. The van der Waals surface area contributed by atoms with Crippen molar-refractivity contribution in [3.8, 4) is 0 Å². The van der Waals surface area contributed by atoms with E-state index < -0.39 is 0 Å². The largest absolute Gasteiger partial charge is 0.422 e. The monoisotopic (exact) mass is 362 g/mol. The average Bonchev–Trinajstić information content (AvgIpc) is 2.65. The lowest BCUT2D eigenvalue weighted by Gasteiger charge is -2.29. The van der Waals surface area contributed by atoms with Crippen molar-refractivity contribution in [1.29, 1.82) is 0 Å². The molecule has 27 heavy (non-hydrogen) atoms. The molecule has 0 amide bonds. The molecule has 1 fully saturated rings. The molecule has 0 unspecified atom stereocenters. The molecule has 1 N–H and O–H groups in total. The van der Waals surface area contributed by atoms with Crippen molar-refractivity contribution in [1.82, 2.24) is 0 Å². The summed E-state index contributed by atoms with van der Waals surface area (Å²) in [5.41, 5.74) is 5.35. The lowest BCUT2D eigenvalue weighted by Crippen LogP contribution is -3.11. The maximum atomic E-state index is 12.1. The number of quaternary nitrogens is 1. The van der Waals surface area contributed by atoms with E-state index in [1.807, 2.05) is 6.92 Å². The molecule has 3 nitrogen and oxygen atoms in total. The van der Waals surface area contributed by atoms with Crippen LogP contribution in [0.15, 0.2) is 57.7 Å². The van der Waals surface area contributed by atoms with Crippen molar-refractivity contribution < 1.29 is 9.32 Å². The summed E-state index contributed by atoms with van der Waals surface area (Å²) in [5, 5.41) is 1.10. The SMILES string of the molecule is Cc1cc(C)c2oc(=O)cc(C[NH+]3CCC(Cc4ccccc4)CC3)c2c1. The summed E-state index contributed by atoms with van der Waals surface area (Å²) in [6.07, 6.45) is 3.69. The van der Waals surface area contributed by atoms with Crippen molar-refractivity contribution in [2.75, 3.05) is 13.1 Å². The highest BCUT2D eigenvalue weighted by Crippen LogP contribution is 2.22. The predicted octanol–water partition coefficient (Wildman–Crippen LogP) is 3.45. The molecular formula is C24H28NO2+. The van der Waals surface area contributed by atoms with Gasteiger partial charge in [0.25, 0.3) is 0 Å². The first kappa shape index (κ1) is 18.0. The molecule has 4 rings (SSSR count). The minimum absolute atomic E-state index is 0.234. The zero-order chi connectivity index (χ0) is 18.8. The number of benzene rings is 2. The zero-order valence-corrected chi connectivity index (χ0v) is 16.3. The topological polar surface area (TPSA) is 34.6 Å². The Labute approximate surface area is 160 Å². The molecular weight excluding hydrogens is 334 g/mol. The smallest absolute Gasteiger partial charge is 0.336 e. The highest BCUT2D eigenvalue weighted by atomic mass is 16.4. The van der Waals surface area contributed by atoms with Crippen LogP contribution in [0.3, 0.4) is 0 Å². The van der Waals surface area contributed by atoms with Crippen molar-refractivity contribution in [3.05, 3.63) is 81.2 Å². The van der Waals surface area contributed by atoms with Gasteiger partial charge in [-0.25, -0.2) is 4.79 Å². The van der Waals surface area contributed by atoms with Gasteiger partial charge in [0, 0.05) is 17.0 Å². The molecule has 0 saturated carbocycles. The Kier molecular flexibility index (Phi) is 5.13. The Morgan fingerprint density at radius 1 is 1.04 bits per heavy atom. The van der Waals surface area contributed by atoms with Gasteiger partial charge >= 0.3 is 5.63 Å². The summed E-state index contributed by atoms with van der Waals surface area (Å²) in [6.45, 7) is 7.37. The quantitative estimate of drug-likeness (QED) is 0.722. The Morgan fingerprint density at radius 2 is 1.78 bits per heavy atom. The zero-order valence-electron chi connectivity index (χ0n) is 16.3. The number of aryl methyl sites for hydroxylation is 2. The molecule has 2 aromatic carbocycles. The maximum absolute atomic E-state index is 12.1. The molecule has 0 bridgehead atoms. The van der Waals surface area contributed by atoms with Crippen LogP contribution in [0.25, 0.3) is 11.0 Å². The summed E-state index contributed by atoms with van der Waals surface area (Å²) in [7, 11) is 0. The van der Waals surface area contributed by atoms with E-state index >= 15 is 0 Å². The molecule has 1 aliphatic rings. The highest BCUT2D eigenvalue weighted by molar-refractivity contribution is 5.83. The first-order chi connectivity index (χ1) is 13.1. The third-order valence-corrected chi connectivity index (χ3v) is 5.88. The number of nitrogens with one attached hydrogen (secondary N) is 1. The van der Waals surface area contributed by atoms with E-state index in [1.165, 1.54) is 43.5 Å². The van der Waals surface area contributed by atoms with E-state index in [9.17, 15) is 4.79 Å². The van der Waals surface area contributed by atoms with Crippen molar-refractivity contribution in [2.24, 2.45) is 5.92 Å².